The van der Waals surface area contributed by atoms with Crippen LogP contribution in [0.15, 0.2) is 54.9 Å². The number of carbonyl (C=O) groups is 1. The van der Waals surface area contributed by atoms with Crippen LogP contribution in [0.3, 0.4) is 0 Å². The number of aromatic nitrogens is 4. The second-order valence-electron chi connectivity index (χ2n) is 8.58. The quantitative estimate of drug-likeness (QED) is 0.337. The molecule has 4 aromatic rings. The number of anilines is 1. The summed E-state index contributed by atoms with van der Waals surface area (Å²) in [5, 5.41) is 11.0. The predicted molar refractivity (Wildman–Crippen MR) is 126 cm³/mol. The highest BCUT2D eigenvalue weighted by molar-refractivity contribution is 6.09. The lowest BCUT2D eigenvalue weighted by Gasteiger charge is -2.25. The Bertz CT molecular complexity index is 1330. The standard InChI is InChI=1S/C24H25N7O/c1-14(32)29-21(25)17-7-5-6-8-18(17)22-30-19-11-15(16-12-27-23(26)28-13-16)9-10-20(19)31(22)24(2,3)4/h5-13H,1-4H3,(H2,25,29,32)(H2,26,27,28). The fraction of sp³-hybridized carbons (Fsp3) is 0.208. The molecule has 0 aliphatic rings. The SMILES string of the molecule is CC(=O)NC(=N)c1ccccc1-c1nc2cc(-c3cnc(N)nc3)ccc2n1C(C)(C)C. The summed E-state index contributed by atoms with van der Waals surface area (Å²) < 4.78 is 2.16. The highest BCUT2D eigenvalue weighted by Gasteiger charge is 2.25. The summed E-state index contributed by atoms with van der Waals surface area (Å²) in [6.07, 6.45) is 3.38. The van der Waals surface area contributed by atoms with Crippen LogP contribution >= 0.6 is 0 Å². The summed E-state index contributed by atoms with van der Waals surface area (Å²) in [6, 6.07) is 13.5. The topological polar surface area (TPSA) is 123 Å². The van der Waals surface area contributed by atoms with E-state index >= 15 is 0 Å². The van der Waals surface area contributed by atoms with E-state index in [0.29, 0.717) is 5.56 Å². The minimum Gasteiger partial charge on any atom is -0.368 e. The van der Waals surface area contributed by atoms with E-state index in [2.05, 4.69) is 40.6 Å². The van der Waals surface area contributed by atoms with Gasteiger partial charge < -0.3 is 15.6 Å². The molecule has 2 aromatic heterocycles. The Kier molecular flexibility index (Phi) is 5.22. The molecule has 162 valence electrons. The van der Waals surface area contributed by atoms with E-state index in [4.69, 9.17) is 16.1 Å². The van der Waals surface area contributed by atoms with E-state index in [-0.39, 0.29) is 23.2 Å². The lowest BCUT2D eigenvalue weighted by molar-refractivity contribution is -0.117. The van der Waals surface area contributed by atoms with Crippen molar-refractivity contribution in [1.82, 2.24) is 24.8 Å². The third kappa shape index (κ3) is 3.94. The predicted octanol–water partition coefficient (Wildman–Crippen LogP) is 3.96. The summed E-state index contributed by atoms with van der Waals surface area (Å²) in [4.78, 5) is 24.7. The lowest BCUT2D eigenvalue weighted by Crippen LogP contribution is -2.29. The molecule has 0 radical (unpaired) electrons. The molecule has 2 heterocycles. The molecule has 0 saturated heterocycles. The van der Waals surface area contributed by atoms with Crippen LogP contribution in [0, 0.1) is 5.41 Å². The van der Waals surface area contributed by atoms with Gasteiger partial charge in [0, 0.05) is 41.5 Å². The largest absolute Gasteiger partial charge is 0.368 e. The van der Waals surface area contributed by atoms with Crippen molar-refractivity contribution in [3.05, 3.63) is 60.4 Å². The lowest BCUT2D eigenvalue weighted by atomic mass is 10.0. The Morgan fingerprint density at radius 3 is 2.41 bits per heavy atom. The molecule has 8 nitrogen and oxygen atoms in total. The van der Waals surface area contributed by atoms with Gasteiger partial charge in [-0.3, -0.25) is 10.2 Å². The molecular weight excluding hydrogens is 402 g/mol. The maximum absolute atomic E-state index is 11.5. The number of amidine groups is 1. The number of nitrogens with two attached hydrogens (primary N) is 1. The second kappa shape index (κ2) is 7.88. The van der Waals surface area contributed by atoms with Crippen LogP contribution in [0.2, 0.25) is 0 Å². The zero-order valence-electron chi connectivity index (χ0n) is 18.5. The van der Waals surface area contributed by atoms with Gasteiger partial charge in [0.1, 0.15) is 11.7 Å². The van der Waals surface area contributed by atoms with Crippen molar-refractivity contribution in [2.24, 2.45) is 0 Å². The van der Waals surface area contributed by atoms with Crippen molar-refractivity contribution in [1.29, 1.82) is 5.41 Å². The van der Waals surface area contributed by atoms with Crippen molar-refractivity contribution in [2.75, 3.05) is 5.73 Å². The van der Waals surface area contributed by atoms with E-state index in [1.807, 2.05) is 42.5 Å². The molecule has 0 unspecified atom stereocenters. The zero-order valence-corrected chi connectivity index (χ0v) is 18.5. The smallest absolute Gasteiger partial charge is 0.222 e. The van der Waals surface area contributed by atoms with Crippen molar-refractivity contribution in [3.63, 3.8) is 0 Å². The second-order valence-corrected chi connectivity index (χ2v) is 8.58. The monoisotopic (exact) mass is 427 g/mol. The van der Waals surface area contributed by atoms with Gasteiger partial charge in [-0.2, -0.15) is 0 Å². The third-order valence-electron chi connectivity index (χ3n) is 5.07. The molecule has 0 atom stereocenters. The number of nitrogen functional groups attached to an aromatic ring is 1. The van der Waals surface area contributed by atoms with E-state index < -0.39 is 0 Å². The number of hydrogen-bond acceptors (Lipinski definition) is 6. The summed E-state index contributed by atoms with van der Waals surface area (Å²) in [5.74, 6) is 0.709. The van der Waals surface area contributed by atoms with Crippen LogP contribution in [-0.2, 0) is 10.3 Å². The van der Waals surface area contributed by atoms with E-state index in [9.17, 15) is 4.79 Å². The van der Waals surface area contributed by atoms with Crippen LogP contribution in [0.1, 0.15) is 33.3 Å². The van der Waals surface area contributed by atoms with Gasteiger partial charge in [-0.1, -0.05) is 30.3 Å². The first-order chi connectivity index (χ1) is 15.1. The summed E-state index contributed by atoms with van der Waals surface area (Å²) in [5.41, 5.74) is 10.3. The number of amides is 1. The van der Waals surface area contributed by atoms with E-state index in [1.54, 1.807) is 12.4 Å². The Morgan fingerprint density at radius 2 is 1.75 bits per heavy atom. The van der Waals surface area contributed by atoms with Crippen molar-refractivity contribution < 1.29 is 4.79 Å². The molecule has 1 amide bonds. The van der Waals surface area contributed by atoms with E-state index in [1.165, 1.54) is 6.92 Å². The Morgan fingerprint density at radius 1 is 1.06 bits per heavy atom. The molecule has 2 aromatic carbocycles. The van der Waals surface area contributed by atoms with Gasteiger partial charge in [-0.25, -0.2) is 15.0 Å². The molecule has 0 bridgehead atoms. The Hall–Kier alpha value is -4.07. The van der Waals surface area contributed by atoms with Crippen molar-refractivity contribution in [3.8, 4) is 22.5 Å². The molecule has 0 aliphatic carbocycles. The average Bonchev–Trinajstić information content (AvgIpc) is 3.13. The Balaban J connectivity index is 1.93. The van der Waals surface area contributed by atoms with Gasteiger partial charge in [0.05, 0.1) is 11.0 Å². The maximum atomic E-state index is 11.5. The summed E-state index contributed by atoms with van der Waals surface area (Å²) >= 11 is 0. The maximum Gasteiger partial charge on any atom is 0.222 e. The van der Waals surface area contributed by atoms with Crippen LogP contribution in [0.25, 0.3) is 33.5 Å². The molecular formula is C24H25N7O. The normalized spacial score (nSPS) is 11.5. The van der Waals surface area contributed by atoms with Gasteiger partial charge in [-0.05, 0) is 38.5 Å². The third-order valence-corrected chi connectivity index (χ3v) is 5.07. The summed E-state index contributed by atoms with van der Waals surface area (Å²) in [7, 11) is 0. The first-order valence-corrected chi connectivity index (χ1v) is 10.2. The van der Waals surface area contributed by atoms with Gasteiger partial charge in [0.15, 0.2) is 0 Å². The van der Waals surface area contributed by atoms with Gasteiger partial charge in [0.2, 0.25) is 11.9 Å². The molecule has 32 heavy (non-hydrogen) atoms. The number of nitrogens with zero attached hydrogens (tertiary/aromatic N) is 4. The molecule has 0 fully saturated rings. The minimum absolute atomic E-state index is 0.0420. The van der Waals surface area contributed by atoms with Crippen LogP contribution in [0.5, 0.6) is 0 Å². The number of imidazole rings is 1. The van der Waals surface area contributed by atoms with Gasteiger partial charge >= 0.3 is 0 Å². The molecule has 8 heteroatoms. The van der Waals surface area contributed by atoms with E-state index in [0.717, 1.165) is 33.5 Å². The fourth-order valence-corrected chi connectivity index (χ4v) is 3.75. The molecule has 4 rings (SSSR count). The number of fused-ring (bicyclic) bond motifs is 1. The number of benzene rings is 2. The number of hydrogen-bond donors (Lipinski definition) is 3. The Labute approximate surface area is 186 Å². The first-order valence-electron chi connectivity index (χ1n) is 10.2. The molecule has 4 N–H and O–H groups in total. The van der Waals surface area contributed by atoms with Crippen LogP contribution < -0.4 is 11.1 Å². The number of rotatable bonds is 3. The number of nitrogens with one attached hydrogen (secondary N) is 2. The molecule has 0 spiro atoms. The average molecular weight is 428 g/mol. The highest BCUT2D eigenvalue weighted by atomic mass is 16.1. The van der Waals surface area contributed by atoms with Crippen LogP contribution in [0.4, 0.5) is 5.95 Å². The minimum atomic E-state index is -0.288. The van der Waals surface area contributed by atoms with Gasteiger partial charge in [0.25, 0.3) is 0 Å². The first kappa shape index (κ1) is 21.2. The number of carbonyl (C=O) groups excluding carboxylic acids is 1. The molecule has 0 saturated carbocycles. The van der Waals surface area contributed by atoms with Crippen molar-refractivity contribution in [2.45, 2.75) is 33.2 Å². The van der Waals surface area contributed by atoms with Gasteiger partial charge in [-0.15, -0.1) is 0 Å². The fourth-order valence-electron chi connectivity index (χ4n) is 3.75. The van der Waals surface area contributed by atoms with Crippen molar-refractivity contribution >= 4 is 28.7 Å². The molecule has 0 aliphatic heterocycles. The zero-order chi connectivity index (χ0) is 23.0. The summed E-state index contributed by atoms with van der Waals surface area (Å²) in [6.45, 7) is 7.73. The highest BCUT2D eigenvalue weighted by Crippen LogP contribution is 2.34. The van der Waals surface area contributed by atoms with Crippen LogP contribution in [-0.4, -0.2) is 31.3 Å².